The number of hydrogen-bond acceptors (Lipinski definition) is 2. The summed E-state index contributed by atoms with van der Waals surface area (Å²) >= 11 is 0. The predicted molar refractivity (Wildman–Crippen MR) is 59.1 cm³/mol. The van der Waals surface area contributed by atoms with Gasteiger partial charge in [0.05, 0.1) is 11.4 Å². The van der Waals surface area contributed by atoms with Crippen molar-refractivity contribution in [1.82, 2.24) is 5.32 Å². The SMILES string of the molecule is C=C(C)/C=C(N)\C(=C/C)NC(C)C. The van der Waals surface area contributed by atoms with Crippen molar-refractivity contribution in [3.05, 3.63) is 35.7 Å². The first-order chi connectivity index (χ1) is 5.97. The maximum Gasteiger partial charge on any atom is 0.0548 e. The lowest BCUT2D eigenvalue weighted by molar-refractivity contribution is 0.672. The normalized spacial score (nSPS) is 13.3. The van der Waals surface area contributed by atoms with Crippen LogP contribution in [-0.4, -0.2) is 6.04 Å². The fraction of sp³-hybridized carbons (Fsp3) is 0.455. The van der Waals surface area contributed by atoms with Gasteiger partial charge in [-0.15, -0.1) is 0 Å². The van der Waals surface area contributed by atoms with Gasteiger partial charge in [0, 0.05) is 6.04 Å². The molecule has 0 heterocycles. The van der Waals surface area contributed by atoms with Crippen LogP contribution < -0.4 is 11.1 Å². The van der Waals surface area contributed by atoms with Crippen molar-refractivity contribution < 1.29 is 0 Å². The Morgan fingerprint density at radius 3 is 2.31 bits per heavy atom. The van der Waals surface area contributed by atoms with Crippen LogP contribution in [0.4, 0.5) is 0 Å². The summed E-state index contributed by atoms with van der Waals surface area (Å²) < 4.78 is 0. The van der Waals surface area contributed by atoms with E-state index in [0.29, 0.717) is 6.04 Å². The lowest BCUT2D eigenvalue weighted by atomic mass is 10.2. The number of nitrogens with one attached hydrogen (secondary N) is 1. The molecule has 0 bridgehead atoms. The average Bonchev–Trinajstić information content (AvgIpc) is 1.98. The summed E-state index contributed by atoms with van der Waals surface area (Å²) in [5.74, 6) is 0. The molecule has 0 aliphatic rings. The second-order valence-corrected chi connectivity index (χ2v) is 3.45. The Morgan fingerprint density at radius 2 is 2.00 bits per heavy atom. The zero-order valence-electron chi connectivity index (χ0n) is 9.02. The maximum absolute atomic E-state index is 5.85. The third kappa shape index (κ3) is 5.12. The molecule has 0 aromatic heterocycles. The molecule has 0 radical (unpaired) electrons. The third-order valence-corrected chi connectivity index (χ3v) is 1.45. The van der Waals surface area contributed by atoms with Crippen molar-refractivity contribution >= 4 is 0 Å². The Balaban J connectivity index is 4.51. The van der Waals surface area contributed by atoms with Crippen LogP contribution in [0.3, 0.4) is 0 Å². The van der Waals surface area contributed by atoms with Crippen LogP contribution in [0.2, 0.25) is 0 Å². The van der Waals surface area contributed by atoms with Gasteiger partial charge in [0.15, 0.2) is 0 Å². The van der Waals surface area contributed by atoms with Crippen LogP contribution in [0.25, 0.3) is 0 Å². The van der Waals surface area contributed by atoms with E-state index in [9.17, 15) is 0 Å². The molecule has 0 rings (SSSR count). The highest BCUT2D eigenvalue weighted by Crippen LogP contribution is 2.04. The van der Waals surface area contributed by atoms with Gasteiger partial charge in [0.25, 0.3) is 0 Å². The summed E-state index contributed by atoms with van der Waals surface area (Å²) in [6.07, 6.45) is 3.83. The molecule has 0 saturated carbocycles. The Morgan fingerprint density at radius 1 is 1.46 bits per heavy atom. The molecular weight excluding hydrogens is 160 g/mol. The van der Waals surface area contributed by atoms with Crippen LogP contribution in [0, 0.1) is 0 Å². The van der Waals surface area contributed by atoms with E-state index in [2.05, 4.69) is 25.7 Å². The first-order valence-corrected chi connectivity index (χ1v) is 4.53. The molecule has 2 heteroatoms. The fourth-order valence-electron chi connectivity index (χ4n) is 0.988. The van der Waals surface area contributed by atoms with Gasteiger partial charge in [-0.05, 0) is 33.8 Å². The highest BCUT2D eigenvalue weighted by atomic mass is 14.9. The molecule has 0 aliphatic heterocycles. The van der Waals surface area contributed by atoms with Crippen LogP contribution >= 0.6 is 0 Å². The summed E-state index contributed by atoms with van der Waals surface area (Å²) in [6, 6.07) is 0.392. The first kappa shape index (κ1) is 11.8. The van der Waals surface area contributed by atoms with Gasteiger partial charge >= 0.3 is 0 Å². The second-order valence-electron chi connectivity index (χ2n) is 3.45. The summed E-state index contributed by atoms with van der Waals surface area (Å²) in [4.78, 5) is 0. The van der Waals surface area contributed by atoms with E-state index in [1.54, 1.807) is 0 Å². The van der Waals surface area contributed by atoms with E-state index >= 15 is 0 Å². The molecule has 0 amide bonds. The predicted octanol–water partition coefficient (Wildman–Crippen LogP) is 2.31. The topological polar surface area (TPSA) is 38.0 Å². The van der Waals surface area contributed by atoms with Crippen LogP contribution in [0.5, 0.6) is 0 Å². The molecular formula is C11H20N2. The average molecular weight is 180 g/mol. The van der Waals surface area contributed by atoms with E-state index in [4.69, 9.17) is 5.73 Å². The van der Waals surface area contributed by atoms with Crippen molar-refractivity contribution in [2.45, 2.75) is 33.7 Å². The molecule has 0 aromatic rings. The van der Waals surface area contributed by atoms with E-state index < -0.39 is 0 Å². The zero-order valence-corrected chi connectivity index (χ0v) is 9.02. The van der Waals surface area contributed by atoms with Gasteiger partial charge in [0.1, 0.15) is 0 Å². The van der Waals surface area contributed by atoms with Crippen molar-refractivity contribution in [3.8, 4) is 0 Å². The lowest BCUT2D eigenvalue weighted by Gasteiger charge is -2.14. The number of allylic oxidation sites excluding steroid dienone is 3. The lowest BCUT2D eigenvalue weighted by Crippen LogP contribution is -2.25. The summed E-state index contributed by atoms with van der Waals surface area (Å²) in [7, 11) is 0. The smallest absolute Gasteiger partial charge is 0.0548 e. The van der Waals surface area contributed by atoms with Gasteiger partial charge in [-0.2, -0.15) is 0 Å². The minimum Gasteiger partial charge on any atom is -0.397 e. The molecule has 0 atom stereocenters. The van der Waals surface area contributed by atoms with Crippen LogP contribution in [0.1, 0.15) is 27.7 Å². The van der Waals surface area contributed by atoms with Gasteiger partial charge < -0.3 is 11.1 Å². The maximum atomic E-state index is 5.85. The van der Waals surface area contributed by atoms with E-state index in [0.717, 1.165) is 17.0 Å². The zero-order chi connectivity index (χ0) is 10.4. The molecule has 2 nitrogen and oxygen atoms in total. The highest BCUT2D eigenvalue weighted by molar-refractivity contribution is 5.32. The largest absolute Gasteiger partial charge is 0.397 e. The Hall–Kier alpha value is -1.18. The first-order valence-electron chi connectivity index (χ1n) is 4.53. The fourth-order valence-corrected chi connectivity index (χ4v) is 0.988. The van der Waals surface area contributed by atoms with E-state index in [1.807, 2.05) is 26.0 Å². The molecule has 0 fully saturated rings. The van der Waals surface area contributed by atoms with E-state index in [-0.39, 0.29) is 0 Å². The van der Waals surface area contributed by atoms with Crippen molar-refractivity contribution in [2.75, 3.05) is 0 Å². The Labute approximate surface area is 81.2 Å². The number of rotatable bonds is 4. The third-order valence-electron chi connectivity index (χ3n) is 1.45. The second kappa shape index (κ2) is 5.46. The van der Waals surface area contributed by atoms with Crippen molar-refractivity contribution in [2.24, 2.45) is 5.73 Å². The molecule has 0 saturated heterocycles. The summed E-state index contributed by atoms with van der Waals surface area (Å²) in [6.45, 7) is 11.8. The molecule has 74 valence electrons. The monoisotopic (exact) mass is 180 g/mol. The van der Waals surface area contributed by atoms with Gasteiger partial charge in [-0.25, -0.2) is 0 Å². The molecule has 13 heavy (non-hydrogen) atoms. The minimum atomic E-state index is 0.392. The summed E-state index contributed by atoms with van der Waals surface area (Å²) in [5, 5.41) is 3.26. The molecule has 3 N–H and O–H groups in total. The van der Waals surface area contributed by atoms with Gasteiger partial charge in [0.2, 0.25) is 0 Å². The molecule has 0 spiro atoms. The van der Waals surface area contributed by atoms with Crippen LogP contribution in [-0.2, 0) is 0 Å². The quantitative estimate of drug-likeness (QED) is 0.651. The number of hydrogen-bond donors (Lipinski definition) is 2. The molecule has 0 unspecified atom stereocenters. The standard InChI is InChI=1S/C11H20N2/c1-6-11(13-9(4)5)10(12)7-8(2)3/h6-7,9,13H,2,12H2,1,3-5H3/b10-7+,11-6+. The number of nitrogens with two attached hydrogens (primary N) is 1. The Bertz CT molecular complexity index is 234. The Kier molecular flexibility index (Phi) is 4.97. The minimum absolute atomic E-state index is 0.392. The molecule has 0 aromatic carbocycles. The van der Waals surface area contributed by atoms with Crippen LogP contribution in [0.15, 0.2) is 35.7 Å². The van der Waals surface area contributed by atoms with Crippen molar-refractivity contribution in [3.63, 3.8) is 0 Å². The van der Waals surface area contributed by atoms with Gasteiger partial charge in [-0.1, -0.05) is 18.2 Å². The van der Waals surface area contributed by atoms with E-state index in [1.165, 1.54) is 0 Å². The molecule has 0 aliphatic carbocycles. The summed E-state index contributed by atoms with van der Waals surface area (Å²) in [5.41, 5.74) is 8.52. The van der Waals surface area contributed by atoms with Gasteiger partial charge in [-0.3, -0.25) is 0 Å². The highest BCUT2D eigenvalue weighted by Gasteiger charge is 2.00. The van der Waals surface area contributed by atoms with Crippen molar-refractivity contribution in [1.29, 1.82) is 0 Å².